The molecule has 0 spiro atoms. The van der Waals surface area contributed by atoms with E-state index in [-0.39, 0.29) is 29.9 Å². The molecule has 2 fully saturated rings. The Kier molecular flexibility index (Phi) is 4.68. The lowest BCUT2D eigenvalue weighted by Crippen LogP contribution is -2.51. The minimum absolute atomic E-state index is 0.00748. The van der Waals surface area contributed by atoms with E-state index < -0.39 is 15.1 Å². The fraction of sp³-hybridized carbons (Fsp3) is 0.529. The molecular weight excluding hydrogens is 374 g/mol. The van der Waals surface area contributed by atoms with Gasteiger partial charge in [0.2, 0.25) is 12.7 Å². The quantitative estimate of drug-likeness (QED) is 0.777. The second-order valence-electron chi connectivity index (χ2n) is 6.81. The van der Waals surface area contributed by atoms with Gasteiger partial charge in [-0.3, -0.25) is 14.5 Å². The average molecular weight is 395 g/mol. The monoisotopic (exact) mass is 395 g/mol. The topological polar surface area (TPSA) is 105 Å². The molecule has 4 rings (SSSR count). The molecule has 1 N–H and O–H groups in total. The van der Waals surface area contributed by atoms with Crippen molar-refractivity contribution in [1.82, 2.24) is 15.1 Å². The summed E-state index contributed by atoms with van der Waals surface area (Å²) >= 11 is 0. The number of carbonyl (C=O) groups is 2. The molecule has 3 aliphatic rings. The Bertz CT molecular complexity index is 859. The van der Waals surface area contributed by atoms with Crippen LogP contribution in [0.5, 0.6) is 11.5 Å². The van der Waals surface area contributed by atoms with Crippen LogP contribution >= 0.6 is 0 Å². The molecule has 1 aliphatic carbocycles. The maximum atomic E-state index is 12.4. The molecule has 9 nitrogen and oxygen atoms in total. The van der Waals surface area contributed by atoms with E-state index in [1.165, 1.54) is 31.0 Å². The van der Waals surface area contributed by atoms with Gasteiger partial charge in [0.05, 0.1) is 11.4 Å². The second kappa shape index (κ2) is 7.01. The smallest absolute Gasteiger partial charge is 0.341 e. The number of ether oxygens (including phenoxy) is 2. The fourth-order valence-corrected chi connectivity index (χ4v) is 4.27. The highest BCUT2D eigenvalue weighted by Crippen LogP contribution is 2.34. The summed E-state index contributed by atoms with van der Waals surface area (Å²) in [6.07, 6.45) is 2.45. The van der Waals surface area contributed by atoms with Crippen molar-refractivity contribution in [2.75, 3.05) is 39.5 Å². The molecule has 0 atom stereocenters. The molecule has 27 heavy (non-hydrogen) atoms. The van der Waals surface area contributed by atoms with Crippen molar-refractivity contribution in [3.63, 3.8) is 0 Å². The molecule has 2 heterocycles. The number of nitrogens with one attached hydrogen (secondary N) is 1. The molecular formula is C17H21N3O6S. The van der Waals surface area contributed by atoms with Crippen LogP contribution in [-0.4, -0.2) is 74.9 Å². The second-order valence-corrected chi connectivity index (χ2v) is 8.66. The first-order valence-electron chi connectivity index (χ1n) is 8.89. The summed E-state index contributed by atoms with van der Waals surface area (Å²) in [4.78, 5) is 28.3. The van der Waals surface area contributed by atoms with E-state index in [0.717, 1.165) is 13.1 Å². The summed E-state index contributed by atoms with van der Waals surface area (Å²) in [5, 5.41) is 1.03. The van der Waals surface area contributed by atoms with Crippen molar-refractivity contribution >= 4 is 21.0 Å². The predicted octanol–water partition coefficient (Wildman–Crippen LogP) is 0.205. The van der Waals surface area contributed by atoms with Gasteiger partial charge in [-0.1, -0.05) is 0 Å². The largest absolute Gasteiger partial charge is 0.454 e. The van der Waals surface area contributed by atoms with E-state index >= 15 is 0 Å². The molecule has 2 amide bonds. The molecule has 0 unspecified atom stereocenters. The molecule has 146 valence electrons. The Hall–Kier alpha value is -2.33. The minimum atomic E-state index is -4.26. The van der Waals surface area contributed by atoms with Gasteiger partial charge in [0.15, 0.2) is 11.5 Å². The lowest BCUT2D eigenvalue weighted by molar-refractivity contribution is -0.131. The number of hydrogen-bond acceptors (Lipinski definition) is 7. The van der Waals surface area contributed by atoms with E-state index in [1.54, 1.807) is 4.90 Å². The molecule has 1 aromatic rings. The third kappa shape index (κ3) is 3.72. The number of amides is 2. The molecule has 0 radical (unpaired) electrons. The molecule has 1 saturated carbocycles. The third-order valence-corrected chi connectivity index (χ3v) is 6.52. The van der Waals surface area contributed by atoms with Crippen molar-refractivity contribution in [2.45, 2.75) is 23.8 Å². The third-order valence-electron chi connectivity index (χ3n) is 5.01. The van der Waals surface area contributed by atoms with Crippen LogP contribution in [-0.2, 0) is 14.6 Å². The van der Waals surface area contributed by atoms with Crippen LogP contribution in [0.2, 0.25) is 0 Å². The Labute approximate surface area is 157 Å². The normalized spacial score (nSPS) is 19.8. The van der Waals surface area contributed by atoms with Gasteiger partial charge in [0, 0.05) is 38.3 Å². The van der Waals surface area contributed by atoms with Gasteiger partial charge < -0.3 is 19.7 Å². The van der Waals surface area contributed by atoms with Gasteiger partial charge in [-0.15, -0.1) is 0 Å². The number of fused-ring (bicyclic) bond motifs is 1. The molecule has 10 heteroatoms. The predicted molar refractivity (Wildman–Crippen MR) is 94.3 cm³/mol. The van der Waals surface area contributed by atoms with E-state index in [1.807, 2.05) is 0 Å². The summed E-state index contributed by atoms with van der Waals surface area (Å²) in [6, 6.07) is 4.62. The first kappa shape index (κ1) is 18.1. The zero-order valence-corrected chi connectivity index (χ0v) is 15.5. The van der Waals surface area contributed by atoms with E-state index in [9.17, 15) is 18.0 Å². The van der Waals surface area contributed by atoms with E-state index in [2.05, 4.69) is 10.2 Å². The summed E-state index contributed by atoms with van der Waals surface area (Å²) in [7, 11) is -4.26. The van der Waals surface area contributed by atoms with Gasteiger partial charge in [-0.25, -0.2) is 8.42 Å². The van der Waals surface area contributed by atoms with Gasteiger partial charge in [-0.05, 0) is 25.0 Å². The lowest BCUT2D eigenvalue weighted by atomic mass is 10.3. The zero-order chi connectivity index (χ0) is 19.0. The Morgan fingerprint density at radius 3 is 2.48 bits per heavy atom. The fourth-order valence-electron chi connectivity index (χ4n) is 3.28. The van der Waals surface area contributed by atoms with Crippen LogP contribution in [0.3, 0.4) is 0 Å². The highest BCUT2D eigenvalue weighted by Gasteiger charge is 2.33. The number of piperazine rings is 1. The van der Waals surface area contributed by atoms with Crippen LogP contribution in [0.15, 0.2) is 23.1 Å². The maximum Gasteiger partial charge on any atom is 0.341 e. The SMILES string of the molecule is O=C(CNC(=O)S(=O)(=O)c1ccc2c(c1)OCO2)N1CCN(C2CC2)CC1. The van der Waals surface area contributed by atoms with Crippen LogP contribution in [0.4, 0.5) is 4.79 Å². The molecule has 1 aromatic carbocycles. The van der Waals surface area contributed by atoms with Gasteiger partial charge >= 0.3 is 5.24 Å². The summed E-state index contributed by atoms with van der Waals surface area (Å²) in [6.45, 7) is 2.50. The first-order valence-corrected chi connectivity index (χ1v) is 10.4. The molecule has 0 bridgehead atoms. The first-order chi connectivity index (χ1) is 12.9. The Balaban J connectivity index is 1.32. The number of rotatable bonds is 4. The highest BCUT2D eigenvalue weighted by atomic mass is 32.2. The number of sulfone groups is 1. The van der Waals surface area contributed by atoms with Crippen LogP contribution in [0, 0.1) is 0 Å². The number of nitrogens with zero attached hydrogens (tertiary/aromatic N) is 2. The highest BCUT2D eigenvalue weighted by molar-refractivity contribution is 8.06. The van der Waals surface area contributed by atoms with Gasteiger partial charge in [0.25, 0.3) is 9.84 Å². The van der Waals surface area contributed by atoms with Crippen LogP contribution < -0.4 is 14.8 Å². The van der Waals surface area contributed by atoms with Gasteiger partial charge in [0.1, 0.15) is 0 Å². The lowest BCUT2D eigenvalue weighted by Gasteiger charge is -2.34. The summed E-state index contributed by atoms with van der Waals surface area (Å²) in [5.41, 5.74) is 0. The van der Waals surface area contributed by atoms with Crippen LogP contribution in [0.25, 0.3) is 0 Å². The summed E-state index contributed by atoms with van der Waals surface area (Å²) in [5.74, 6) is 0.419. The standard InChI is InChI=1S/C17H21N3O6S/c21-16(20-7-5-19(6-8-20)12-1-2-12)10-18-17(22)27(23,24)13-3-4-14-15(9-13)26-11-25-14/h3-4,9,12H,1-2,5-8,10-11H2,(H,18,22). The van der Waals surface area contributed by atoms with Crippen molar-refractivity contribution in [3.8, 4) is 11.5 Å². The minimum Gasteiger partial charge on any atom is -0.454 e. The van der Waals surface area contributed by atoms with Gasteiger partial charge in [-0.2, -0.15) is 0 Å². The number of carbonyl (C=O) groups excluding carboxylic acids is 2. The molecule has 0 aromatic heterocycles. The number of benzene rings is 1. The number of hydrogen-bond donors (Lipinski definition) is 1. The molecule has 1 saturated heterocycles. The van der Waals surface area contributed by atoms with Crippen molar-refractivity contribution in [1.29, 1.82) is 0 Å². The van der Waals surface area contributed by atoms with Crippen molar-refractivity contribution in [2.24, 2.45) is 0 Å². The Morgan fingerprint density at radius 1 is 1.07 bits per heavy atom. The average Bonchev–Trinajstić information content (AvgIpc) is 3.42. The van der Waals surface area contributed by atoms with E-state index in [4.69, 9.17) is 9.47 Å². The van der Waals surface area contributed by atoms with E-state index in [0.29, 0.717) is 24.9 Å². The molecule has 2 aliphatic heterocycles. The summed E-state index contributed by atoms with van der Waals surface area (Å²) < 4.78 is 35.1. The van der Waals surface area contributed by atoms with Crippen molar-refractivity contribution in [3.05, 3.63) is 18.2 Å². The van der Waals surface area contributed by atoms with Crippen LogP contribution in [0.1, 0.15) is 12.8 Å². The zero-order valence-electron chi connectivity index (χ0n) is 14.7. The maximum absolute atomic E-state index is 12.4. The Morgan fingerprint density at radius 2 is 1.78 bits per heavy atom. The van der Waals surface area contributed by atoms with Crippen molar-refractivity contribution < 1.29 is 27.5 Å².